The van der Waals surface area contributed by atoms with Gasteiger partial charge in [0, 0.05) is 12.4 Å². The zero-order valence-corrected chi connectivity index (χ0v) is 11.2. The van der Waals surface area contributed by atoms with Gasteiger partial charge in [-0.2, -0.15) is 9.78 Å². The number of hydrogen-bond donors (Lipinski definition) is 1. The Labute approximate surface area is 115 Å². The van der Waals surface area contributed by atoms with E-state index >= 15 is 0 Å². The number of anilines is 1. The summed E-state index contributed by atoms with van der Waals surface area (Å²) in [5.41, 5.74) is 1.09. The molecule has 2 aromatic heterocycles. The first-order chi connectivity index (χ1) is 9.60. The second-order valence-electron chi connectivity index (χ2n) is 4.02. The maximum Gasteiger partial charge on any atom is 0.434 e. The predicted molar refractivity (Wildman–Crippen MR) is 71.6 cm³/mol. The van der Waals surface area contributed by atoms with Crippen molar-refractivity contribution < 1.29 is 14.3 Å². The molecular formula is C13H14N4O3. The Morgan fingerprint density at radius 2 is 2.20 bits per heavy atom. The molecule has 0 saturated carbocycles. The third-order valence-electron chi connectivity index (χ3n) is 2.43. The highest BCUT2D eigenvalue weighted by Crippen LogP contribution is 2.07. The Morgan fingerprint density at radius 1 is 1.40 bits per heavy atom. The fraction of sp³-hybridized carbons (Fsp3) is 0.231. The van der Waals surface area contributed by atoms with Crippen molar-refractivity contribution in [2.45, 2.75) is 13.8 Å². The van der Waals surface area contributed by atoms with Crippen LogP contribution in [0.4, 0.5) is 10.6 Å². The molecule has 7 heteroatoms. The maximum atomic E-state index is 11.9. The molecule has 0 aromatic carbocycles. The average Bonchev–Trinajstić information content (AvgIpc) is 2.88. The molecule has 0 spiro atoms. The fourth-order valence-electron chi connectivity index (χ4n) is 1.52. The molecule has 2 aromatic rings. The van der Waals surface area contributed by atoms with Gasteiger partial charge in [-0.3, -0.25) is 4.79 Å². The average molecular weight is 274 g/mol. The molecule has 0 unspecified atom stereocenters. The number of aryl methyl sites for hydroxylation is 1. The Bertz CT molecular complexity index is 636. The van der Waals surface area contributed by atoms with Crippen LogP contribution < -0.4 is 5.32 Å². The molecule has 2 heterocycles. The summed E-state index contributed by atoms with van der Waals surface area (Å²) >= 11 is 0. The van der Waals surface area contributed by atoms with Crippen molar-refractivity contribution in [3.8, 4) is 0 Å². The van der Waals surface area contributed by atoms with Gasteiger partial charge in [0.25, 0.3) is 5.91 Å². The Morgan fingerprint density at radius 3 is 2.90 bits per heavy atom. The number of nitrogens with zero attached hydrogens (tertiary/aromatic N) is 3. The van der Waals surface area contributed by atoms with E-state index in [1.165, 1.54) is 12.3 Å². The van der Waals surface area contributed by atoms with Gasteiger partial charge in [0.1, 0.15) is 5.82 Å². The van der Waals surface area contributed by atoms with E-state index in [-0.39, 0.29) is 12.3 Å². The van der Waals surface area contributed by atoms with Gasteiger partial charge in [-0.15, -0.1) is 0 Å². The standard InChI is InChI=1S/C13H14N4O3/c1-3-20-13(19)17-7-5-10(16-17)12(18)15-11-8-9(2)4-6-14-11/h4-8H,3H2,1-2H3,(H,14,15,18). The summed E-state index contributed by atoms with van der Waals surface area (Å²) in [6.45, 7) is 3.83. The molecule has 20 heavy (non-hydrogen) atoms. The summed E-state index contributed by atoms with van der Waals surface area (Å²) < 4.78 is 5.75. The molecule has 1 amide bonds. The summed E-state index contributed by atoms with van der Waals surface area (Å²) in [5, 5.41) is 6.45. The van der Waals surface area contributed by atoms with Crippen molar-refractivity contribution in [1.82, 2.24) is 14.8 Å². The van der Waals surface area contributed by atoms with E-state index in [0.29, 0.717) is 5.82 Å². The Kier molecular flexibility index (Phi) is 4.09. The van der Waals surface area contributed by atoms with E-state index < -0.39 is 12.0 Å². The van der Waals surface area contributed by atoms with E-state index in [4.69, 9.17) is 4.74 Å². The van der Waals surface area contributed by atoms with Gasteiger partial charge in [0.05, 0.1) is 6.61 Å². The zero-order chi connectivity index (χ0) is 14.5. The summed E-state index contributed by atoms with van der Waals surface area (Å²) in [4.78, 5) is 27.4. The number of nitrogens with one attached hydrogen (secondary N) is 1. The highest BCUT2D eigenvalue weighted by Gasteiger charge is 2.13. The first-order valence-corrected chi connectivity index (χ1v) is 6.07. The number of aromatic nitrogens is 3. The zero-order valence-electron chi connectivity index (χ0n) is 11.2. The van der Waals surface area contributed by atoms with Crippen LogP contribution >= 0.6 is 0 Å². The SMILES string of the molecule is CCOC(=O)n1ccc(C(=O)Nc2cc(C)ccn2)n1. The molecule has 0 radical (unpaired) electrons. The highest BCUT2D eigenvalue weighted by atomic mass is 16.5. The molecule has 0 aliphatic carbocycles. The maximum absolute atomic E-state index is 11.9. The molecule has 1 N–H and O–H groups in total. The lowest BCUT2D eigenvalue weighted by Crippen LogP contribution is -2.17. The number of carbonyl (C=O) groups excluding carboxylic acids is 2. The molecule has 2 rings (SSSR count). The number of ether oxygens (including phenoxy) is 1. The van der Waals surface area contributed by atoms with Crippen molar-refractivity contribution in [3.63, 3.8) is 0 Å². The third kappa shape index (κ3) is 3.19. The van der Waals surface area contributed by atoms with Crippen LogP contribution in [0.2, 0.25) is 0 Å². The smallest absolute Gasteiger partial charge is 0.434 e. The lowest BCUT2D eigenvalue weighted by atomic mass is 10.3. The van der Waals surface area contributed by atoms with Crippen LogP contribution in [0, 0.1) is 6.92 Å². The topological polar surface area (TPSA) is 86.1 Å². The van der Waals surface area contributed by atoms with E-state index in [0.717, 1.165) is 10.2 Å². The molecule has 0 saturated heterocycles. The summed E-state index contributed by atoms with van der Waals surface area (Å²) in [5.74, 6) is -0.00756. The second kappa shape index (κ2) is 5.96. The predicted octanol–water partition coefficient (Wildman–Crippen LogP) is 1.84. The number of pyridine rings is 1. The van der Waals surface area contributed by atoms with Crippen LogP contribution in [0.5, 0.6) is 0 Å². The lowest BCUT2D eigenvalue weighted by Gasteiger charge is -2.03. The van der Waals surface area contributed by atoms with Gasteiger partial charge in [0.2, 0.25) is 0 Å². The minimum atomic E-state index is -0.625. The molecule has 0 aliphatic heterocycles. The number of carbonyl (C=O) groups is 2. The van der Waals surface area contributed by atoms with Gasteiger partial charge in [-0.05, 0) is 37.6 Å². The van der Waals surface area contributed by atoms with Crippen molar-refractivity contribution in [2.75, 3.05) is 11.9 Å². The normalized spacial score (nSPS) is 10.1. The fourth-order valence-corrected chi connectivity index (χ4v) is 1.52. The van der Waals surface area contributed by atoms with Crippen LogP contribution in [-0.4, -0.2) is 33.4 Å². The molecule has 0 atom stereocenters. The third-order valence-corrected chi connectivity index (χ3v) is 2.43. The molecule has 0 aliphatic rings. The van der Waals surface area contributed by atoms with E-state index in [9.17, 15) is 9.59 Å². The molecule has 7 nitrogen and oxygen atoms in total. The molecule has 104 valence electrons. The number of amides is 1. The molecule has 0 fully saturated rings. The van der Waals surface area contributed by atoms with E-state index in [2.05, 4.69) is 15.4 Å². The summed E-state index contributed by atoms with van der Waals surface area (Å²) in [6, 6.07) is 4.99. The van der Waals surface area contributed by atoms with Crippen LogP contribution in [0.15, 0.2) is 30.6 Å². The van der Waals surface area contributed by atoms with Gasteiger partial charge in [0.15, 0.2) is 5.69 Å². The van der Waals surface area contributed by atoms with Crippen molar-refractivity contribution >= 4 is 17.8 Å². The van der Waals surface area contributed by atoms with Crippen molar-refractivity contribution in [1.29, 1.82) is 0 Å². The monoisotopic (exact) mass is 274 g/mol. The minimum Gasteiger partial charge on any atom is -0.448 e. The first kappa shape index (κ1) is 13.7. The van der Waals surface area contributed by atoms with Crippen LogP contribution in [-0.2, 0) is 4.74 Å². The molecule has 0 bridgehead atoms. The van der Waals surface area contributed by atoms with E-state index in [1.807, 2.05) is 13.0 Å². The Balaban J connectivity index is 2.08. The summed E-state index contributed by atoms with van der Waals surface area (Å²) in [7, 11) is 0. The quantitative estimate of drug-likeness (QED) is 0.923. The van der Waals surface area contributed by atoms with Crippen LogP contribution in [0.3, 0.4) is 0 Å². The van der Waals surface area contributed by atoms with E-state index in [1.54, 1.807) is 19.2 Å². The van der Waals surface area contributed by atoms with Crippen LogP contribution in [0.1, 0.15) is 23.0 Å². The lowest BCUT2D eigenvalue weighted by molar-refractivity contribution is 0.102. The van der Waals surface area contributed by atoms with Gasteiger partial charge in [-0.1, -0.05) is 0 Å². The number of rotatable bonds is 3. The van der Waals surface area contributed by atoms with Gasteiger partial charge < -0.3 is 10.1 Å². The van der Waals surface area contributed by atoms with Crippen molar-refractivity contribution in [3.05, 3.63) is 41.9 Å². The van der Waals surface area contributed by atoms with Crippen molar-refractivity contribution in [2.24, 2.45) is 0 Å². The van der Waals surface area contributed by atoms with Crippen LogP contribution in [0.25, 0.3) is 0 Å². The first-order valence-electron chi connectivity index (χ1n) is 6.07. The Hall–Kier alpha value is -2.70. The largest absolute Gasteiger partial charge is 0.448 e. The second-order valence-corrected chi connectivity index (χ2v) is 4.02. The number of hydrogen-bond acceptors (Lipinski definition) is 5. The minimum absolute atomic E-state index is 0.112. The highest BCUT2D eigenvalue weighted by molar-refractivity contribution is 6.02. The summed E-state index contributed by atoms with van der Waals surface area (Å²) in [6.07, 6.45) is 2.35. The van der Waals surface area contributed by atoms with Gasteiger partial charge >= 0.3 is 6.09 Å². The van der Waals surface area contributed by atoms with Gasteiger partial charge in [-0.25, -0.2) is 9.78 Å². The molecular weight excluding hydrogens is 260 g/mol.